The molecule has 0 saturated heterocycles. The summed E-state index contributed by atoms with van der Waals surface area (Å²) in [6.07, 6.45) is 2.18. The Kier molecular flexibility index (Phi) is 3.47. The van der Waals surface area contributed by atoms with Gasteiger partial charge in [-0.05, 0) is 60.4 Å². The zero-order chi connectivity index (χ0) is 11.7. The summed E-state index contributed by atoms with van der Waals surface area (Å²) in [7, 11) is 0. The number of aryl methyl sites for hydroxylation is 1. The second-order valence-corrected chi connectivity index (χ2v) is 5.67. The summed E-state index contributed by atoms with van der Waals surface area (Å²) in [4.78, 5) is 16.1. The number of carbonyl (C=O) groups is 1. The minimum atomic E-state index is -0.0450. The number of hydrogen-bond donors (Lipinski definition) is 1. The van der Waals surface area contributed by atoms with Crippen molar-refractivity contribution in [3.8, 4) is 0 Å². The van der Waals surface area contributed by atoms with Crippen LogP contribution >= 0.6 is 22.6 Å². The molecule has 86 valence electrons. The van der Waals surface area contributed by atoms with Crippen LogP contribution in [0.1, 0.15) is 35.9 Å². The van der Waals surface area contributed by atoms with Gasteiger partial charge in [0.15, 0.2) is 0 Å². The van der Waals surface area contributed by atoms with Gasteiger partial charge in [0.1, 0.15) is 5.69 Å². The van der Waals surface area contributed by atoms with Crippen LogP contribution in [0.4, 0.5) is 0 Å². The summed E-state index contributed by atoms with van der Waals surface area (Å²) in [6, 6.07) is 4.07. The van der Waals surface area contributed by atoms with Crippen molar-refractivity contribution in [2.75, 3.05) is 0 Å². The molecule has 1 aliphatic carbocycles. The molecular weight excluding hydrogens is 315 g/mol. The van der Waals surface area contributed by atoms with Gasteiger partial charge in [-0.3, -0.25) is 4.79 Å². The van der Waals surface area contributed by atoms with E-state index < -0.39 is 0 Å². The first kappa shape index (κ1) is 11.8. The average Bonchev–Trinajstić information content (AvgIpc) is 2.19. The van der Waals surface area contributed by atoms with Crippen molar-refractivity contribution in [3.05, 3.63) is 27.1 Å². The molecule has 1 N–H and O–H groups in total. The highest BCUT2D eigenvalue weighted by Gasteiger charge is 2.27. The molecule has 0 atom stereocenters. The average molecular weight is 330 g/mol. The predicted molar refractivity (Wildman–Crippen MR) is 71.3 cm³/mol. The minimum Gasteiger partial charge on any atom is -0.348 e. The Labute approximate surface area is 109 Å². The molecule has 1 fully saturated rings. The quantitative estimate of drug-likeness (QED) is 0.847. The van der Waals surface area contributed by atoms with E-state index in [0.29, 0.717) is 11.7 Å². The van der Waals surface area contributed by atoms with E-state index in [9.17, 15) is 4.79 Å². The second kappa shape index (κ2) is 4.69. The van der Waals surface area contributed by atoms with Crippen LogP contribution in [0.3, 0.4) is 0 Å². The van der Waals surface area contributed by atoms with E-state index in [1.54, 1.807) is 6.07 Å². The van der Waals surface area contributed by atoms with Gasteiger partial charge in [-0.1, -0.05) is 6.92 Å². The number of carbonyl (C=O) groups excluding carboxylic acids is 1. The number of nitrogens with one attached hydrogen (secondary N) is 1. The Hall–Kier alpha value is -0.650. The van der Waals surface area contributed by atoms with E-state index >= 15 is 0 Å². The van der Waals surface area contributed by atoms with Gasteiger partial charge in [-0.2, -0.15) is 0 Å². The maximum absolute atomic E-state index is 11.8. The van der Waals surface area contributed by atoms with Crippen molar-refractivity contribution in [2.45, 2.75) is 32.7 Å². The van der Waals surface area contributed by atoms with Crippen molar-refractivity contribution in [1.29, 1.82) is 0 Å². The largest absolute Gasteiger partial charge is 0.348 e. The summed E-state index contributed by atoms with van der Waals surface area (Å²) in [5.74, 6) is 0.702. The molecule has 0 aliphatic heterocycles. The van der Waals surface area contributed by atoms with Crippen LogP contribution in [0, 0.1) is 16.4 Å². The number of halogens is 1. The Balaban J connectivity index is 2.01. The van der Waals surface area contributed by atoms with E-state index in [1.807, 2.05) is 13.0 Å². The van der Waals surface area contributed by atoms with Gasteiger partial charge in [0, 0.05) is 9.61 Å². The highest BCUT2D eigenvalue weighted by atomic mass is 127. The van der Waals surface area contributed by atoms with E-state index in [-0.39, 0.29) is 5.91 Å². The molecule has 4 heteroatoms. The molecule has 0 spiro atoms. The van der Waals surface area contributed by atoms with Crippen LogP contribution in [0.15, 0.2) is 12.1 Å². The van der Waals surface area contributed by atoms with E-state index in [4.69, 9.17) is 0 Å². The molecule has 16 heavy (non-hydrogen) atoms. The lowest BCUT2D eigenvalue weighted by Gasteiger charge is -2.33. The molecule has 1 aliphatic rings. The van der Waals surface area contributed by atoms with Crippen molar-refractivity contribution < 1.29 is 4.79 Å². The Morgan fingerprint density at radius 1 is 1.50 bits per heavy atom. The van der Waals surface area contributed by atoms with Crippen molar-refractivity contribution in [2.24, 2.45) is 5.92 Å². The number of hydrogen-bond acceptors (Lipinski definition) is 2. The molecule has 0 radical (unpaired) electrons. The number of pyridine rings is 1. The first-order chi connectivity index (χ1) is 7.56. The highest BCUT2D eigenvalue weighted by Crippen LogP contribution is 2.26. The molecule has 3 nitrogen and oxygen atoms in total. The van der Waals surface area contributed by atoms with Gasteiger partial charge in [0.25, 0.3) is 5.91 Å². The van der Waals surface area contributed by atoms with Gasteiger partial charge in [0.2, 0.25) is 0 Å². The third kappa shape index (κ3) is 2.53. The molecule has 1 aromatic rings. The smallest absolute Gasteiger partial charge is 0.270 e. The van der Waals surface area contributed by atoms with E-state index in [0.717, 1.165) is 28.0 Å². The van der Waals surface area contributed by atoms with Crippen LogP contribution < -0.4 is 5.32 Å². The molecule has 1 heterocycles. The fraction of sp³-hybridized carbons (Fsp3) is 0.500. The monoisotopic (exact) mass is 330 g/mol. The van der Waals surface area contributed by atoms with Crippen LogP contribution in [0.25, 0.3) is 0 Å². The summed E-state index contributed by atoms with van der Waals surface area (Å²) in [5.41, 5.74) is 1.44. The summed E-state index contributed by atoms with van der Waals surface area (Å²) >= 11 is 2.22. The maximum atomic E-state index is 11.8. The normalized spacial score (nSPS) is 23.7. The topological polar surface area (TPSA) is 42.0 Å². The van der Waals surface area contributed by atoms with Gasteiger partial charge < -0.3 is 5.32 Å². The molecule has 0 bridgehead atoms. The third-order valence-electron chi connectivity index (χ3n) is 2.96. The minimum absolute atomic E-state index is 0.0450. The molecule has 0 aromatic carbocycles. The van der Waals surface area contributed by atoms with Crippen LogP contribution in [-0.2, 0) is 0 Å². The predicted octanol–water partition coefficient (Wildman–Crippen LogP) is 2.52. The van der Waals surface area contributed by atoms with E-state index in [2.05, 4.69) is 39.8 Å². The summed E-state index contributed by atoms with van der Waals surface area (Å²) in [6.45, 7) is 4.12. The number of amides is 1. The zero-order valence-electron chi connectivity index (χ0n) is 9.46. The molecule has 2 rings (SSSR count). The Bertz CT molecular complexity index is 413. The fourth-order valence-electron chi connectivity index (χ4n) is 1.95. The van der Waals surface area contributed by atoms with Gasteiger partial charge in [-0.25, -0.2) is 4.98 Å². The van der Waals surface area contributed by atoms with Crippen LogP contribution in [0.2, 0.25) is 0 Å². The SMILES string of the molecule is Cc1nc(C(=O)NC2CC(C)C2)ccc1I. The molecule has 1 saturated carbocycles. The second-order valence-electron chi connectivity index (χ2n) is 4.51. The maximum Gasteiger partial charge on any atom is 0.270 e. The van der Waals surface area contributed by atoms with E-state index in [1.165, 1.54) is 0 Å². The van der Waals surface area contributed by atoms with Gasteiger partial charge >= 0.3 is 0 Å². The lowest BCUT2D eigenvalue weighted by atomic mass is 9.82. The first-order valence-corrected chi connectivity index (χ1v) is 6.58. The Morgan fingerprint density at radius 3 is 2.75 bits per heavy atom. The van der Waals surface area contributed by atoms with Gasteiger partial charge in [0.05, 0.1) is 5.69 Å². The fourth-order valence-corrected chi connectivity index (χ4v) is 2.25. The molecule has 1 amide bonds. The first-order valence-electron chi connectivity index (χ1n) is 5.50. The number of aromatic nitrogens is 1. The molecular formula is C12H15IN2O. The van der Waals surface area contributed by atoms with Crippen molar-refractivity contribution >= 4 is 28.5 Å². The van der Waals surface area contributed by atoms with Crippen molar-refractivity contribution in [3.63, 3.8) is 0 Å². The standard InChI is InChI=1S/C12H15IN2O/c1-7-5-9(6-7)15-12(16)11-4-3-10(13)8(2)14-11/h3-4,7,9H,5-6H2,1-2H3,(H,15,16). The van der Waals surface area contributed by atoms with Crippen LogP contribution in [-0.4, -0.2) is 16.9 Å². The van der Waals surface area contributed by atoms with Gasteiger partial charge in [-0.15, -0.1) is 0 Å². The lowest BCUT2D eigenvalue weighted by molar-refractivity contribution is 0.0890. The molecule has 0 unspecified atom stereocenters. The number of rotatable bonds is 2. The summed E-state index contributed by atoms with van der Waals surface area (Å²) in [5, 5.41) is 3.01. The number of nitrogens with zero attached hydrogens (tertiary/aromatic N) is 1. The third-order valence-corrected chi connectivity index (χ3v) is 4.10. The highest BCUT2D eigenvalue weighted by molar-refractivity contribution is 14.1. The zero-order valence-corrected chi connectivity index (χ0v) is 11.6. The Morgan fingerprint density at radius 2 is 2.19 bits per heavy atom. The summed E-state index contributed by atoms with van der Waals surface area (Å²) < 4.78 is 1.09. The van der Waals surface area contributed by atoms with Crippen molar-refractivity contribution in [1.82, 2.24) is 10.3 Å². The molecule has 1 aromatic heterocycles. The lowest BCUT2D eigenvalue weighted by Crippen LogP contribution is -2.43. The van der Waals surface area contributed by atoms with Crippen LogP contribution in [0.5, 0.6) is 0 Å².